The zero-order valence-corrected chi connectivity index (χ0v) is 11.4. The van der Waals surface area contributed by atoms with Gasteiger partial charge in [0.25, 0.3) is 0 Å². The van der Waals surface area contributed by atoms with Crippen LogP contribution in [0.3, 0.4) is 0 Å². The number of halogens is 3. The van der Waals surface area contributed by atoms with Crippen molar-refractivity contribution in [1.29, 1.82) is 0 Å². The molecule has 1 aromatic rings. The van der Waals surface area contributed by atoms with Crippen LogP contribution in [0.5, 0.6) is 11.5 Å². The summed E-state index contributed by atoms with van der Waals surface area (Å²) in [5.74, 6) is 0.355. The summed E-state index contributed by atoms with van der Waals surface area (Å²) in [4.78, 5) is 11.3. The van der Waals surface area contributed by atoms with Crippen LogP contribution >= 0.6 is 15.9 Å². The number of alkyl halides is 3. The van der Waals surface area contributed by atoms with Gasteiger partial charge in [-0.3, -0.25) is 4.79 Å². The van der Waals surface area contributed by atoms with E-state index < -0.39 is 6.61 Å². The predicted octanol–water partition coefficient (Wildman–Crippen LogP) is 3.19. The number of benzene rings is 1. The van der Waals surface area contributed by atoms with E-state index >= 15 is 0 Å². The van der Waals surface area contributed by atoms with Crippen LogP contribution in [0.2, 0.25) is 0 Å². The Kier molecular flexibility index (Phi) is 6.04. The third kappa shape index (κ3) is 5.00. The summed E-state index contributed by atoms with van der Waals surface area (Å²) in [6.45, 7) is -0.713. The maximum absolute atomic E-state index is 12.2. The third-order valence-corrected chi connectivity index (χ3v) is 2.65. The lowest BCUT2D eigenvalue weighted by atomic mass is 10.1. The van der Waals surface area contributed by atoms with Crippen molar-refractivity contribution in [2.75, 3.05) is 11.9 Å². The van der Waals surface area contributed by atoms with Crippen molar-refractivity contribution in [3.8, 4) is 11.5 Å². The van der Waals surface area contributed by atoms with Gasteiger partial charge in [-0.2, -0.15) is 8.78 Å². The molecule has 6 heteroatoms. The normalized spacial score (nSPS) is 10.5. The topological polar surface area (TPSA) is 35.5 Å². The Hall–Kier alpha value is -1.17. The first-order valence-corrected chi connectivity index (χ1v) is 6.46. The van der Waals surface area contributed by atoms with E-state index in [0.717, 1.165) is 0 Å². The molecule has 0 aliphatic heterocycles. The Balaban J connectivity index is 2.93. The molecule has 1 rings (SSSR count). The maximum atomic E-state index is 12.2. The number of Topliss-reactive ketones (excluding diaryl/α,β-unsaturated/α-hetero) is 1. The van der Waals surface area contributed by atoms with Crippen LogP contribution in [0.1, 0.15) is 12.5 Å². The monoisotopic (exact) mass is 322 g/mol. The molecule has 0 saturated carbocycles. The van der Waals surface area contributed by atoms with Gasteiger partial charge in [0.05, 0.1) is 11.9 Å². The van der Waals surface area contributed by atoms with E-state index in [4.69, 9.17) is 4.74 Å². The molecule has 0 saturated heterocycles. The lowest BCUT2D eigenvalue weighted by Crippen LogP contribution is -2.06. The summed E-state index contributed by atoms with van der Waals surface area (Å²) in [5.41, 5.74) is 0.584. The van der Waals surface area contributed by atoms with E-state index in [0.29, 0.717) is 17.9 Å². The molecular formula is C12H13BrF2O3. The fourth-order valence-corrected chi connectivity index (χ4v) is 1.63. The molecule has 0 N–H and O–H groups in total. The predicted molar refractivity (Wildman–Crippen MR) is 66.7 cm³/mol. The van der Waals surface area contributed by atoms with E-state index in [2.05, 4.69) is 20.7 Å². The number of hydrogen-bond acceptors (Lipinski definition) is 3. The van der Waals surface area contributed by atoms with Gasteiger partial charge >= 0.3 is 6.61 Å². The second-order valence-corrected chi connectivity index (χ2v) is 4.03. The summed E-state index contributed by atoms with van der Waals surface area (Å²) in [6.07, 6.45) is 0.145. The Bertz CT molecular complexity index is 410. The number of carbonyl (C=O) groups excluding carboxylic acids is 1. The second kappa shape index (κ2) is 7.31. The molecule has 0 heterocycles. The SMILES string of the molecule is CCOc1cc(CC(=O)CBr)cc(OC(F)F)c1. The van der Waals surface area contributed by atoms with Gasteiger partial charge in [-0.05, 0) is 24.6 Å². The van der Waals surface area contributed by atoms with Crippen molar-refractivity contribution in [3.63, 3.8) is 0 Å². The summed E-state index contributed by atoms with van der Waals surface area (Å²) in [7, 11) is 0. The molecule has 3 nitrogen and oxygen atoms in total. The molecule has 0 radical (unpaired) electrons. The van der Waals surface area contributed by atoms with E-state index in [-0.39, 0.29) is 23.3 Å². The molecule has 0 bridgehead atoms. The molecule has 0 amide bonds. The van der Waals surface area contributed by atoms with Gasteiger partial charge in [-0.25, -0.2) is 0 Å². The van der Waals surface area contributed by atoms with Crippen molar-refractivity contribution < 1.29 is 23.0 Å². The second-order valence-electron chi connectivity index (χ2n) is 3.47. The molecule has 0 spiro atoms. The van der Waals surface area contributed by atoms with Gasteiger partial charge in [0.1, 0.15) is 17.3 Å². The summed E-state index contributed by atoms with van der Waals surface area (Å²) in [6, 6.07) is 4.43. The van der Waals surface area contributed by atoms with Crippen molar-refractivity contribution in [3.05, 3.63) is 23.8 Å². The molecular weight excluding hydrogens is 310 g/mol. The van der Waals surface area contributed by atoms with Crippen LogP contribution in [0.4, 0.5) is 8.78 Å². The van der Waals surface area contributed by atoms with Crippen molar-refractivity contribution >= 4 is 21.7 Å². The van der Waals surface area contributed by atoms with E-state index in [9.17, 15) is 13.6 Å². The van der Waals surface area contributed by atoms with Crippen LogP contribution in [-0.4, -0.2) is 24.3 Å². The molecule has 18 heavy (non-hydrogen) atoms. The van der Waals surface area contributed by atoms with Crippen molar-refractivity contribution in [2.45, 2.75) is 20.0 Å². The summed E-state index contributed by atoms with van der Waals surface area (Å²) in [5, 5.41) is 0.219. The Labute approximate surface area is 112 Å². The van der Waals surface area contributed by atoms with Gasteiger partial charge < -0.3 is 9.47 Å². The summed E-state index contributed by atoms with van der Waals surface area (Å²) >= 11 is 3.05. The van der Waals surface area contributed by atoms with Gasteiger partial charge in [-0.1, -0.05) is 15.9 Å². The zero-order valence-electron chi connectivity index (χ0n) is 9.79. The minimum absolute atomic E-state index is 0.00618. The first-order chi connectivity index (χ1) is 8.55. The molecule has 100 valence electrons. The van der Waals surface area contributed by atoms with Crippen LogP contribution in [-0.2, 0) is 11.2 Å². The number of ketones is 1. The van der Waals surface area contributed by atoms with Crippen LogP contribution in [0, 0.1) is 0 Å². The third-order valence-electron chi connectivity index (χ3n) is 2.03. The van der Waals surface area contributed by atoms with Crippen LogP contribution in [0.15, 0.2) is 18.2 Å². The average Bonchev–Trinajstić information content (AvgIpc) is 2.28. The van der Waals surface area contributed by atoms with Crippen molar-refractivity contribution in [1.82, 2.24) is 0 Å². The molecule has 1 aromatic carbocycles. The van der Waals surface area contributed by atoms with Gasteiger partial charge in [0.15, 0.2) is 0 Å². The molecule has 0 aliphatic rings. The number of hydrogen-bond donors (Lipinski definition) is 0. The highest BCUT2D eigenvalue weighted by molar-refractivity contribution is 9.09. The van der Waals surface area contributed by atoms with Crippen LogP contribution in [0.25, 0.3) is 0 Å². The Morgan fingerprint density at radius 1 is 1.33 bits per heavy atom. The van der Waals surface area contributed by atoms with Gasteiger partial charge in [-0.15, -0.1) is 0 Å². The smallest absolute Gasteiger partial charge is 0.387 e. The highest BCUT2D eigenvalue weighted by Gasteiger charge is 2.10. The maximum Gasteiger partial charge on any atom is 0.387 e. The number of rotatable bonds is 7. The minimum atomic E-state index is -2.90. The fraction of sp³-hybridized carbons (Fsp3) is 0.417. The molecule has 0 aromatic heterocycles. The number of ether oxygens (including phenoxy) is 2. The Morgan fingerprint density at radius 3 is 2.56 bits per heavy atom. The largest absolute Gasteiger partial charge is 0.494 e. The highest BCUT2D eigenvalue weighted by Crippen LogP contribution is 2.25. The lowest BCUT2D eigenvalue weighted by molar-refractivity contribution is -0.115. The molecule has 0 fully saturated rings. The van der Waals surface area contributed by atoms with Crippen LogP contribution < -0.4 is 9.47 Å². The van der Waals surface area contributed by atoms with Crippen molar-refractivity contribution in [2.24, 2.45) is 0 Å². The number of carbonyl (C=O) groups is 1. The first kappa shape index (κ1) is 14.9. The summed E-state index contributed by atoms with van der Waals surface area (Å²) < 4.78 is 33.9. The quantitative estimate of drug-likeness (QED) is 0.723. The van der Waals surface area contributed by atoms with E-state index in [1.165, 1.54) is 12.1 Å². The fourth-order valence-electron chi connectivity index (χ4n) is 1.43. The van der Waals surface area contributed by atoms with Gasteiger partial charge in [0, 0.05) is 12.5 Å². The van der Waals surface area contributed by atoms with E-state index in [1.54, 1.807) is 13.0 Å². The molecule has 0 atom stereocenters. The highest BCUT2D eigenvalue weighted by atomic mass is 79.9. The zero-order chi connectivity index (χ0) is 13.5. The van der Waals surface area contributed by atoms with Gasteiger partial charge in [0.2, 0.25) is 0 Å². The first-order valence-electron chi connectivity index (χ1n) is 5.34. The average molecular weight is 323 g/mol. The minimum Gasteiger partial charge on any atom is -0.494 e. The standard InChI is InChI=1S/C12H13BrF2O3/c1-2-17-10-4-8(3-9(16)7-13)5-11(6-10)18-12(14)15/h4-6,12H,2-3,7H2,1H3. The molecule has 0 unspecified atom stereocenters. The van der Waals surface area contributed by atoms with E-state index in [1.807, 2.05) is 0 Å². The molecule has 0 aliphatic carbocycles. The Morgan fingerprint density at radius 2 is 2.00 bits per heavy atom. The lowest BCUT2D eigenvalue weighted by Gasteiger charge is -2.10.